The molecule has 1 N–H and O–H groups in total. The van der Waals surface area contributed by atoms with Gasteiger partial charge in [0, 0.05) is 5.69 Å². The Hall–Kier alpha value is -4.33. The third kappa shape index (κ3) is 3.41. The molecule has 32 heavy (non-hydrogen) atoms. The topological polar surface area (TPSA) is 106 Å². The molecule has 2 aromatic carbocycles. The van der Waals surface area contributed by atoms with E-state index >= 15 is 0 Å². The number of rotatable bonds is 5. The second-order valence-corrected chi connectivity index (χ2v) is 6.92. The minimum atomic E-state index is -1.01. The van der Waals surface area contributed by atoms with Gasteiger partial charge in [0.2, 0.25) is 0 Å². The van der Waals surface area contributed by atoms with Gasteiger partial charge in [-0.15, -0.1) is 0 Å². The summed E-state index contributed by atoms with van der Waals surface area (Å²) >= 11 is 0. The maximum Gasteiger partial charge on any atom is 0.337 e. The van der Waals surface area contributed by atoms with Crippen LogP contribution in [0.3, 0.4) is 0 Å². The fourth-order valence-corrected chi connectivity index (χ4v) is 3.68. The third-order valence-electron chi connectivity index (χ3n) is 5.19. The number of aliphatic hydroxyl groups is 1. The van der Waals surface area contributed by atoms with E-state index < -0.39 is 23.7 Å². The van der Waals surface area contributed by atoms with Crippen LogP contribution in [0.1, 0.15) is 27.7 Å². The van der Waals surface area contributed by atoms with Crippen LogP contribution in [0.5, 0.6) is 5.75 Å². The summed E-state index contributed by atoms with van der Waals surface area (Å²) in [6.07, 6.45) is 1.42. The summed E-state index contributed by atoms with van der Waals surface area (Å²) in [5.74, 6) is -1.98. The Bertz CT molecular complexity index is 1210. The summed E-state index contributed by atoms with van der Waals surface area (Å²) in [5, 5.41) is 11.1. The number of anilines is 1. The lowest BCUT2D eigenvalue weighted by Gasteiger charge is -2.23. The number of ether oxygens (including phenoxy) is 2. The Labute approximate surface area is 183 Å². The monoisotopic (exact) mass is 433 g/mol. The smallest absolute Gasteiger partial charge is 0.337 e. The maximum atomic E-state index is 13.1. The number of hydrogen-bond acceptors (Lipinski definition) is 7. The van der Waals surface area contributed by atoms with Crippen molar-refractivity contribution in [3.63, 3.8) is 0 Å². The standard InChI is InChI=1S/C24H19NO7/c1-30-17-7-4-3-6-16(17)21(26)19-20(18-8-5-13-32-18)25(23(28)22(19)27)15-11-9-14(10-12-15)24(29)31-2/h3-13,20,26H,1-2H3/b21-19-. The Morgan fingerprint density at radius 3 is 2.34 bits per heavy atom. The number of methoxy groups -OCH3 is 2. The molecule has 1 aromatic heterocycles. The van der Waals surface area contributed by atoms with E-state index in [9.17, 15) is 19.5 Å². The molecule has 0 aliphatic carbocycles. The van der Waals surface area contributed by atoms with Gasteiger partial charge in [-0.1, -0.05) is 12.1 Å². The molecule has 4 rings (SSSR count). The molecule has 2 heterocycles. The van der Waals surface area contributed by atoms with E-state index in [1.54, 1.807) is 36.4 Å². The average Bonchev–Trinajstić information content (AvgIpc) is 3.45. The van der Waals surface area contributed by atoms with Gasteiger partial charge < -0.3 is 19.0 Å². The minimum Gasteiger partial charge on any atom is -0.507 e. The molecule has 162 valence electrons. The highest BCUT2D eigenvalue weighted by atomic mass is 16.5. The zero-order chi connectivity index (χ0) is 22.8. The minimum absolute atomic E-state index is 0.133. The number of Topliss-reactive ketones (excluding diaryl/α,β-unsaturated/α-hetero) is 1. The van der Waals surface area contributed by atoms with E-state index in [1.165, 1.54) is 49.6 Å². The normalized spacial score (nSPS) is 17.4. The molecular weight excluding hydrogens is 414 g/mol. The van der Waals surface area contributed by atoms with Crippen molar-refractivity contribution in [1.29, 1.82) is 0 Å². The Kier molecular flexibility index (Phi) is 5.51. The average molecular weight is 433 g/mol. The molecule has 0 radical (unpaired) electrons. The lowest BCUT2D eigenvalue weighted by Crippen LogP contribution is -2.29. The fourth-order valence-electron chi connectivity index (χ4n) is 3.68. The van der Waals surface area contributed by atoms with Crippen molar-refractivity contribution in [2.75, 3.05) is 19.1 Å². The molecule has 1 aliphatic rings. The zero-order valence-corrected chi connectivity index (χ0v) is 17.3. The van der Waals surface area contributed by atoms with Crippen LogP contribution < -0.4 is 9.64 Å². The number of ketones is 1. The van der Waals surface area contributed by atoms with Gasteiger partial charge >= 0.3 is 5.97 Å². The molecule has 8 nitrogen and oxygen atoms in total. The number of carbonyl (C=O) groups excluding carboxylic acids is 3. The van der Waals surface area contributed by atoms with E-state index in [0.717, 1.165) is 0 Å². The number of benzene rings is 2. The van der Waals surface area contributed by atoms with Gasteiger partial charge in [0.05, 0.1) is 37.2 Å². The molecule has 1 aliphatic heterocycles. The van der Waals surface area contributed by atoms with Crippen molar-refractivity contribution >= 4 is 29.1 Å². The van der Waals surface area contributed by atoms with E-state index in [0.29, 0.717) is 11.4 Å². The first-order valence-electron chi connectivity index (χ1n) is 9.64. The Balaban J connectivity index is 1.88. The highest BCUT2D eigenvalue weighted by Gasteiger charge is 2.48. The van der Waals surface area contributed by atoms with E-state index in [1.807, 2.05) is 0 Å². The maximum absolute atomic E-state index is 13.1. The van der Waals surface area contributed by atoms with Crippen LogP contribution in [0, 0.1) is 0 Å². The number of carbonyl (C=O) groups is 3. The highest BCUT2D eigenvalue weighted by molar-refractivity contribution is 6.51. The highest BCUT2D eigenvalue weighted by Crippen LogP contribution is 2.43. The van der Waals surface area contributed by atoms with Gasteiger partial charge in [-0.3, -0.25) is 14.5 Å². The van der Waals surface area contributed by atoms with Crippen molar-refractivity contribution in [2.45, 2.75) is 6.04 Å². The van der Waals surface area contributed by atoms with Crippen LogP contribution in [0.25, 0.3) is 5.76 Å². The molecule has 1 unspecified atom stereocenters. The number of esters is 1. The zero-order valence-electron chi connectivity index (χ0n) is 17.3. The first-order valence-corrected chi connectivity index (χ1v) is 9.64. The first-order chi connectivity index (χ1) is 15.5. The van der Waals surface area contributed by atoms with Crippen LogP contribution in [0.15, 0.2) is 76.9 Å². The molecule has 0 bridgehead atoms. The number of nitrogens with zero attached hydrogens (tertiary/aromatic N) is 1. The fraction of sp³-hybridized carbons (Fsp3) is 0.125. The third-order valence-corrected chi connectivity index (χ3v) is 5.19. The molecule has 1 fully saturated rings. The van der Waals surface area contributed by atoms with Crippen LogP contribution in [-0.4, -0.2) is 37.0 Å². The second-order valence-electron chi connectivity index (χ2n) is 6.92. The van der Waals surface area contributed by atoms with Crippen molar-refractivity contribution in [3.8, 4) is 5.75 Å². The molecule has 0 spiro atoms. The van der Waals surface area contributed by atoms with Gasteiger partial charge in [0.15, 0.2) is 0 Å². The van der Waals surface area contributed by atoms with Crippen LogP contribution >= 0.6 is 0 Å². The molecular formula is C24H19NO7. The number of furan rings is 1. The summed E-state index contributed by atoms with van der Waals surface area (Å²) < 4.78 is 15.5. The number of aliphatic hydroxyl groups excluding tert-OH is 1. The molecule has 1 amide bonds. The summed E-state index contributed by atoms with van der Waals surface area (Å²) in [4.78, 5) is 39.1. The number of para-hydroxylation sites is 1. The van der Waals surface area contributed by atoms with Crippen LogP contribution in [0.4, 0.5) is 5.69 Å². The predicted octanol–water partition coefficient (Wildman–Crippen LogP) is 3.70. The Morgan fingerprint density at radius 2 is 1.72 bits per heavy atom. The summed E-state index contributed by atoms with van der Waals surface area (Å²) in [5.41, 5.74) is 0.772. The Morgan fingerprint density at radius 1 is 1.00 bits per heavy atom. The van der Waals surface area contributed by atoms with Crippen LogP contribution in [-0.2, 0) is 14.3 Å². The van der Waals surface area contributed by atoms with Crippen LogP contribution in [0.2, 0.25) is 0 Å². The summed E-state index contributed by atoms with van der Waals surface area (Å²) in [7, 11) is 2.71. The van der Waals surface area contributed by atoms with Gasteiger partial charge in [0.1, 0.15) is 23.3 Å². The molecule has 3 aromatic rings. The van der Waals surface area contributed by atoms with Gasteiger partial charge in [-0.25, -0.2) is 4.79 Å². The molecule has 8 heteroatoms. The summed E-state index contributed by atoms with van der Waals surface area (Å²) in [6, 6.07) is 14.9. The van der Waals surface area contributed by atoms with E-state index in [-0.39, 0.29) is 28.2 Å². The van der Waals surface area contributed by atoms with Gasteiger partial charge in [0.25, 0.3) is 11.7 Å². The van der Waals surface area contributed by atoms with E-state index in [4.69, 9.17) is 13.9 Å². The van der Waals surface area contributed by atoms with Gasteiger partial charge in [-0.2, -0.15) is 0 Å². The molecule has 1 saturated heterocycles. The predicted molar refractivity (Wildman–Crippen MR) is 114 cm³/mol. The van der Waals surface area contributed by atoms with Crippen molar-refractivity contribution in [1.82, 2.24) is 0 Å². The van der Waals surface area contributed by atoms with E-state index in [2.05, 4.69) is 0 Å². The number of amides is 1. The molecule has 0 saturated carbocycles. The first kappa shape index (κ1) is 20.9. The van der Waals surface area contributed by atoms with Crippen molar-refractivity contribution in [2.24, 2.45) is 0 Å². The van der Waals surface area contributed by atoms with Crippen molar-refractivity contribution < 1.29 is 33.4 Å². The quantitative estimate of drug-likeness (QED) is 0.283. The lowest BCUT2D eigenvalue weighted by atomic mass is 9.98. The van der Waals surface area contributed by atoms with Crippen molar-refractivity contribution in [3.05, 3.63) is 89.4 Å². The second kappa shape index (κ2) is 8.43. The van der Waals surface area contributed by atoms with Gasteiger partial charge in [-0.05, 0) is 48.5 Å². The largest absolute Gasteiger partial charge is 0.507 e. The SMILES string of the molecule is COC(=O)c1ccc(N2C(=O)C(=O)/C(=C(\O)c3ccccc3OC)C2c2ccco2)cc1. The number of hydrogen-bond donors (Lipinski definition) is 1. The lowest BCUT2D eigenvalue weighted by molar-refractivity contribution is -0.132. The molecule has 1 atom stereocenters. The summed E-state index contributed by atoms with van der Waals surface area (Å²) in [6.45, 7) is 0.